The molecule has 1 heterocycles. The molecule has 0 saturated carbocycles. The van der Waals surface area contributed by atoms with Crippen LogP contribution in [-0.4, -0.2) is 31.2 Å². The fraction of sp³-hybridized carbons (Fsp3) is 1.00. The lowest BCUT2D eigenvalue weighted by atomic mass is 10.00. The van der Waals surface area contributed by atoms with Crippen molar-refractivity contribution in [2.24, 2.45) is 5.92 Å². The van der Waals surface area contributed by atoms with E-state index in [1.807, 2.05) is 7.05 Å². The van der Waals surface area contributed by atoms with Crippen LogP contribution in [0.4, 0.5) is 4.39 Å². The molecule has 0 aromatic rings. The molecule has 9 heavy (non-hydrogen) atoms. The Labute approximate surface area is 55.8 Å². The van der Waals surface area contributed by atoms with Crippen LogP contribution in [0, 0.1) is 5.92 Å². The molecule has 0 spiro atoms. The van der Waals surface area contributed by atoms with Crippen LogP contribution in [0.1, 0.15) is 13.3 Å². The first kappa shape index (κ1) is 7.00. The highest BCUT2D eigenvalue weighted by atomic mass is 19.1. The van der Waals surface area contributed by atoms with Crippen molar-refractivity contribution in [2.75, 3.05) is 20.1 Å². The largest absolute Gasteiger partial charge is 0.303 e. The molecule has 1 fully saturated rings. The zero-order valence-electron chi connectivity index (χ0n) is 6.10. The third-order valence-electron chi connectivity index (χ3n) is 1.79. The molecule has 0 bridgehead atoms. The third-order valence-corrected chi connectivity index (χ3v) is 1.79. The Bertz CT molecular complexity index is 69.9. The van der Waals surface area contributed by atoms with E-state index in [0.717, 1.165) is 13.0 Å². The van der Waals surface area contributed by atoms with E-state index in [4.69, 9.17) is 0 Å². The Hall–Kier alpha value is -0.110. The van der Waals surface area contributed by atoms with Crippen LogP contribution < -0.4 is 0 Å². The highest BCUT2D eigenvalue weighted by Crippen LogP contribution is 2.16. The van der Waals surface area contributed by atoms with Gasteiger partial charge in [0.05, 0.1) is 0 Å². The van der Waals surface area contributed by atoms with Crippen LogP contribution >= 0.6 is 0 Å². The quantitative estimate of drug-likeness (QED) is 0.479. The van der Waals surface area contributed by atoms with E-state index >= 15 is 0 Å². The van der Waals surface area contributed by atoms with Gasteiger partial charge >= 0.3 is 0 Å². The van der Waals surface area contributed by atoms with Crippen molar-refractivity contribution < 1.29 is 4.39 Å². The van der Waals surface area contributed by atoms with Gasteiger partial charge in [-0.1, -0.05) is 6.92 Å². The topological polar surface area (TPSA) is 3.24 Å². The minimum atomic E-state index is -0.584. The highest BCUT2D eigenvalue weighted by molar-refractivity contribution is 4.73. The van der Waals surface area contributed by atoms with Gasteiger partial charge < -0.3 is 4.90 Å². The number of hydrogen-bond acceptors (Lipinski definition) is 1. The molecule has 0 aliphatic carbocycles. The van der Waals surface area contributed by atoms with E-state index in [0.29, 0.717) is 12.5 Å². The molecule has 54 valence electrons. The summed E-state index contributed by atoms with van der Waals surface area (Å²) in [6.07, 6.45) is 0.170. The van der Waals surface area contributed by atoms with Crippen molar-refractivity contribution in [1.29, 1.82) is 0 Å². The molecular weight excluding hydrogens is 117 g/mol. The molecule has 0 radical (unpaired) electrons. The van der Waals surface area contributed by atoms with Crippen molar-refractivity contribution in [1.82, 2.24) is 4.90 Å². The number of piperidine rings is 1. The summed E-state index contributed by atoms with van der Waals surface area (Å²) in [6.45, 7) is 3.78. The maximum atomic E-state index is 12.6. The standard InChI is InChI=1S/C7H14FN/c1-6-3-7(8)5-9(2)4-6/h6-7H,3-5H2,1-2H3. The summed E-state index contributed by atoms with van der Waals surface area (Å²) in [5.41, 5.74) is 0. The lowest BCUT2D eigenvalue weighted by Crippen LogP contribution is -2.37. The molecule has 1 nitrogen and oxygen atoms in total. The fourth-order valence-electron chi connectivity index (χ4n) is 1.53. The second-order valence-electron chi connectivity index (χ2n) is 3.16. The van der Waals surface area contributed by atoms with E-state index in [1.165, 1.54) is 0 Å². The predicted molar refractivity (Wildman–Crippen MR) is 36.2 cm³/mol. The molecule has 0 amide bonds. The Morgan fingerprint density at radius 2 is 2.11 bits per heavy atom. The molecule has 1 rings (SSSR count). The second kappa shape index (κ2) is 2.65. The van der Waals surface area contributed by atoms with Crippen LogP contribution in [-0.2, 0) is 0 Å². The first-order chi connectivity index (χ1) is 4.18. The summed E-state index contributed by atoms with van der Waals surface area (Å²) < 4.78 is 12.6. The molecule has 1 saturated heterocycles. The fourth-order valence-corrected chi connectivity index (χ4v) is 1.53. The van der Waals surface area contributed by atoms with Gasteiger partial charge in [-0.05, 0) is 19.4 Å². The molecule has 2 unspecified atom stereocenters. The Morgan fingerprint density at radius 1 is 1.44 bits per heavy atom. The molecule has 0 aromatic heterocycles. The van der Waals surface area contributed by atoms with Gasteiger partial charge in [-0.25, -0.2) is 4.39 Å². The zero-order chi connectivity index (χ0) is 6.85. The SMILES string of the molecule is CC1CC(F)CN(C)C1. The van der Waals surface area contributed by atoms with Crippen LogP contribution in [0.15, 0.2) is 0 Å². The van der Waals surface area contributed by atoms with Gasteiger partial charge in [0.2, 0.25) is 0 Å². The molecule has 0 aromatic carbocycles. The van der Waals surface area contributed by atoms with Crippen LogP contribution in [0.25, 0.3) is 0 Å². The van der Waals surface area contributed by atoms with Gasteiger partial charge in [-0.15, -0.1) is 0 Å². The average Bonchev–Trinajstić information content (AvgIpc) is 1.59. The monoisotopic (exact) mass is 131 g/mol. The number of nitrogens with zero attached hydrogens (tertiary/aromatic N) is 1. The normalized spacial score (nSPS) is 39.0. The molecule has 0 N–H and O–H groups in total. The van der Waals surface area contributed by atoms with Gasteiger partial charge in [0.1, 0.15) is 6.17 Å². The minimum absolute atomic E-state index is 0.541. The van der Waals surface area contributed by atoms with Crippen LogP contribution in [0.5, 0.6) is 0 Å². The summed E-state index contributed by atoms with van der Waals surface area (Å²) >= 11 is 0. The smallest absolute Gasteiger partial charge is 0.113 e. The van der Waals surface area contributed by atoms with Gasteiger partial charge in [0.25, 0.3) is 0 Å². The molecule has 2 atom stereocenters. The Balaban J connectivity index is 2.34. The summed E-state index contributed by atoms with van der Waals surface area (Å²) in [5.74, 6) is 0.541. The zero-order valence-corrected chi connectivity index (χ0v) is 6.10. The highest BCUT2D eigenvalue weighted by Gasteiger charge is 2.20. The lowest BCUT2D eigenvalue weighted by molar-refractivity contribution is 0.125. The van der Waals surface area contributed by atoms with Crippen molar-refractivity contribution in [3.8, 4) is 0 Å². The van der Waals surface area contributed by atoms with Gasteiger partial charge in [0.15, 0.2) is 0 Å². The van der Waals surface area contributed by atoms with Crippen molar-refractivity contribution in [3.05, 3.63) is 0 Å². The maximum Gasteiger partial charge on any atom is 0.113 e. The molecule has 2 heteroatoms. The minimum Gasteiger partial charge on any atom is -0.303 e. The van der Waals surface area contributed by atoms with E-state index in [9.17, 15) is 4.39 Å². The first-order valence-electron chi connectivity index (χ1n) is 3.51. The van der Waals surface area contributed by atoms with Gasteiger partial charge in [-0.2, -0.15) is 0 Å². The van der Waals surface area contributed by atoms with Crippen molar-refractivity contribution in [2.45, 2.75) is 19.5 Å². The molecule has 1 aliphatic heterocycles. The summed E-state index contributed by atoms with van der Waals surface area (Å²) in [5, 5.41) is 0. The third kappa shape index (κ3) is 1.94. The maximum absolute atomic E-state index is 12.6. The van der Waals surface area contributed by atoms with E-state index in [1.54, 1.807) is 0 Å². The predicted octanol–water partition coefficient (Wildman–Crippen LogP) is 1.30. The number of rotatable bonds is 0. The van der Waals surface area contributed by atoms with Crippen molar-refractivity contribution in [3.63, 3.8) is 0 Å². The van der Waals surface area contributed by atoms with Crippen molar-refractivity contribution >= 4 is 0 Å². The van der Waals surface area contributed by atoms with E-state index in [-0.39, 0.29) is 0 Å². The van der Waals surface area contributed by atoms with E-state index in [2.05, 4.69) is 11.8 Å². The van der Waals surface area contributed by atoms with Crippen LogP contribution in [0.3, 0.4) is 0 Å². The number of likely N-dealkylation sites (tertiary alicyclic amines) is 1. The Kier molecular flexibility index (Phi) is 2.06. The van der Waals surface area contributed by atoms with Crippen LogP contribution in [0.2, 0.25) is 0 Å². The summed E-state index contributed by atoms with van der Waals surface area (Å²) in [6, 6.07) is 0. The second-order valence-corrected chi connectivity index (χ2v) is 3.16. The number of hydrogen-bond donors (Lipinski definition) is 0. The van der Waals surface area contributed by atoms with Gasteiger partial charge in [-0.3, -0.25) is 0 Å². The average molecular weight is 131 g/mol. The Morgan fingerprint density at radius 3 is 2.56 bits per heavy atom. The summed E-state index contributed by atoms with van der Waals surface area (Å²) in [7, 11) is 1.97. The lowest BCUT2D eigenvalue weighted by Gasteiger charge is -2.29. The van der Waals surface area contributed by atoms with E-state index < -0.39 is 6.17 Å². The van der Waals surface area contributed by atoms with Gasteiger partial charge in [0, 0.05) is 13.1 Å². The molecular formula is C7H14FN. The molecule has 1 aliphatic rings. The summed E-state index contributed by atoms with van der Waals surface area (Å²) in [4.78, 5) is 2.05. The first-order valence-corrected chi connectivity index (χ1v) is 3.51. The number of alkyl halides is 1. The number of halogens is 1.